The molecule has 0 unspecified atom stereocenters. The second-order valence-corrected chi connectivity index (χ2v) is 7.44. The maximum atomic E-state index is 5.67. The summed E-state index contributed by atoms with van der Waals surface area (Å²) in [6.45, 7) is 4.21. The second kappa shape index (κ2) is 8.29. The van der Waals surface area contributed by atoms with Crippen LogP contribution in [-0.4, -0.2) is 41.5 Å². The number of nitrogens with zero attached hydrogens (tertiary/aromatic N) is 4. The Morgan fingerprint density at radius 2 is 2.28 bits per heavy atom. The predicted molar refractivity (Wildman–Crippen MR) is 101 cm³/mol. The summed E-state index contributed by atoms with van der Waals surface area (Å²) in [6.07, 6.45) is 4.43. The van der Waals surface area contributed by atoms with Crippen molar-refractivity contribution in [2.45, 2.75) is 32.9 Å². The molecule has 1 aliphatic carbocycles. The molecule has 0 aliphatic heterocycles. The molecule has 134 valence electrons. The van der Waals surface area contributed by atoms with E-state index in [2.05, 4.69) is 30.6 Å². The van der Waals surface area contributed by atoms with E-state index in [0.29, 0.717) is 12.4 Å². The van der Waals surface area contributed by atoms with Gasteiger partial charge >= 0.3 is 0 Å². The summed E-state index contributed by atoms with van der Waals surface area (Å²) >= 11 is 1.67. The molecule has 25 heavy (non-hydrogen) atoms. The van der Waals surface area contributed by atoms with Crippen LogP contribution in [0.4, 0.5) is 0 Å². The number of ether oxygens (including phenoxy) is 1. The number of pyridine rings is 1. The summed E-state index contributed by atoms with van der Waals surface area (Å²) < 4.78 is 5.67. The fraction of sp³-hybridized carbons (Fsp3) is 0.500. The molecule has 0 aromatic carbocycles. The lowest BCUT2D eigenvalue weighted by Gasteiger charge is -2.21. The molecule has 7 heteroatoms. The molecule has 3 rings (SSSR count). The highest BCUT2D eigenvalue weighted by Crippen LogP contribution is 2.29. The van der Waals surface area contributed by atoms with Crippen LogP contribution >= 0.6 is 11.3 Å². The van der Waals surface area contributed by atoms with Gasteiger partial charge in [0.15, 0.2) is 5.96 Å². The lowest BCUT2D eigenvalue weighted by molar-refractivity contribution is 0.288. The minimum atomic E-state index is 0.670. The van der Waals surface area contributed by atoms with Gasteiger partial charge in [-0.15, -0.1) is 11.3 Å². The SMILES string of the molecule is CN=C(NCc1ccc(OCC2CC2)nc1)N(C)Cc1csc(C)n1. The van der Waals surface area contributed by atoms with E-state index in [0.717, 1.165) is 41.3 Å². The molecule has 2 aromatic rings. The summed E-state index contributed by atoms with van der Waals surface area (Å²) in [7, 11) is 3.80. The summed E-state index contributed by atoms with van der Waals surface area (Å²) in [5.74, 6) is 2.28. The molecule has 6 nitrogen and oxygen atoms in total. The van der Waals surface area contributed by atoms with Gasteiger partial charge in [-0.2, -0.15) is 0 Å². The number of aryl methyl sites for hydroxylation is 1. The fourth-order valence-electron chi connectivity index (χ4n) is 2.45. The Bertz CT molecular complexity index is 709. The Morgan fingerprint density at radius 3 is 2.88 bits per heavy atom. The van der Waals surface area contributed by atoms with E-state index >= 15 is 0 Å². The molecule has 1 saturated carbocycles. The van der Waals surface area contributed by atoms with Crippen LogP contribution in [0.15, 0.2) is 28.7 Å². The van der Waals surface area contributed by atoms with Crippen LogP contribution in [0.5, 0.6) is 5.88 Å². The van der Waals surface area contributed by atoms with Gasteiger partial charge < -0.3 is 15.0 Å². The van der Waals surface area contributed by atoms with Crippen molar-refractivity contribution < 1.29 is 4.74 Å². The molecule has 1 N–H and O–H groups in total. The molecule has 1 aliphatic rings. The molecule has 1 fully saturated rings. The van der Waals surface area contributed by atoms with E-state index in [1.165, 1.54) is 12.8 Å². The van der Waals surface area contributed by atoms with E-state index in [4.69, 9.17) is 4.74 Å². The van der Waals surface area contributed by atoms with Crippen LogP contribution in [0.2, 0.25) is 0 Å². The van der Waals surface area contributed by atoms with Crippen LogP contribution in [0, 0.1) is 12.8 Å². The number of guanidine groups is 1. The highest BCUT2D eigenvalue weighted by Gasteiger charge is 2.22. The van der Waals surface area contributed by atoms with Gasteiger partial charge in [-0.1, -0.05) is 6.07 Å². The molecule has 0 bridgehead atoms. The Hall–Kier alpha value is -2.15. The van der Waals surface area contributed by atoms with Crippen molar-refractivity contribution in [3.63, 3.8) is 0 Å². The Kier molecular flexibility index (Phi) is 5.86. The van der Waals surface area contributed by atoms with Gasteiger partial charge in [-0.05, 0) is 31.2 Å². The van der Waals surface area contributed by atoms with E-state index in [1.54, 1.807) is 18.4 Å². The van der Waals surface area contributed by atoms with Gasteiger partial charge in [0.05, 0.1) is 23.9 Å². The number of hydrogen-bond acceptors (Lipinski definition) is 5. The van der Waals surface area contributed by atoms with Crippen LogP contribution < -0.4 is 10.1 Å². The fourth-order valence-corrected chi connectivity index (χ4v) is 3.06. The van der Waals surface area contributed by atoms with Gasteiger partial charge in [0.1, 0.15) is 0 Å². The second-order valence-electron chi connectivity index (χ2n) is 6.37. The van der Waals surface area contributed by atoms with Crippen molar-refractivity contribution in [2.24, 2.45) is 10.9 Å². The maximum Gasteiger partial charge on any atom is 0.213 e. The van der Waals surface area contributed by atoms with Crippen molar-refractivity contribution in [3.8, 4) is 5.88 Å². The smallest absolute Gasteiger partial charge is 0.213 e. The van der Waals surface area contributed by atoms with E-state index < -0.39 is 0 Å². The Labute approximate surface area is 153 Å². The zero-order valence-corrected chi connectivity index (χ0v) is 15.8. The van der Waals surface area contributed by atoms with Crippen LogP contribution in [0.25, 0.3) is 0 Å². The van der Waals surface area contributed by atoms with Crippen molar-refractivity contribution in [1.29, 1.82) is 0 Å². The molecule has 0 radical (unpaired) electrons. The van der Waals surface area contributed by atoms with Crippen molar-refractivity contribution in [1.82, 2.24) is 20.2 Å². The highest BCUT2D eigenvalue weighted by atomic mass is 32.1. The molecule has 0 spiro atoms. The van der Waals surface area contributed by atoms with Crippen molar-refractivity contribution in [2.75, 3.05) is 20.7 Å². The average Bonchev–Trinajstić information content (AvgIpc) is 3.36. The predicted octanol–water partition coefficient (Wildman–Crippen LogP) is 2.84. The number of aromatic nitrogens is 2. The number of nitrogens with one attached hydrogen (secondary N) is 1. The first-order valence-electron chi connectivity index (χ1n) is 8.54. The molecule has 0 saturated heterocycles. The van der Waals surface area contributed by atoms with Crippen molar-refractivity contribution >= 4 is 17.3 Å². The van der Waals surface area contributed by atoms with Gasteiger partial charge in [-0.25, -0.2) is 9.97 Å². The minimum Gasteiger partial charge on any atom is -0.477 e. The zero-order chi connectivity index (χ0) is 17.6. The van der Waals surface area contributed by atoms with Gasteiger partial charge in [0, 0.05) is 38.3 Å². The standard InChI is InChI=1S/C18H25N5OS/c1-13-22-16(12-25-13)10-23(3)18(19-2)21-9-15-6-7-17(20-8-15)24-11-14-4-5-14/h6-8,12,14H,4-5,9-11H2,1-3H3,(H,19,21). The van der Waals surface area contributed by atoms with Crippen LogP contribution in [0.3, 0.4) is 0 Å². The van der Waals surface area contributed by atoms with Gasteiger partial charge in [0.2, 0.25) is 5.88 Å². The summed E-state index contributed by atoms with van der Waals surface area (Å²) in [4.78, 5) is 15.3. The van der Waals surface area contributed by atoms with Crippen LogP contribution in [0.1, 0.15) is 29.1 Å². The third-order valence-electron chi connectivity index (χ3n) is 4.05. The lowest BCUT2D eigenvalue weighted by atomic mass is 10.3. The number of rotatable bonds is 7. The first kappa shape index (κ1) is 17.7. The normalized spacial score (nSPS) is 14.4. The molecular formula is C18H25N5OS. The topological polar surface area (TPSA) is 62.6 Å². The van der Waals surface area contributed by atoms with Gasteiger partial charge in [0.25, 0.3) is 0 Å². The lowest BCUT2D eigenvalue weighted by Crippen LogP contribution is -2.38. The average molecular weight is 359 g/mol. The number of thiazole rings is 1. The molecule has 0 amide bonds. The van der Waals surface area contributed by atoms with Crippen molar-refractivity contribution in [3.05, 3.63) is 40.0 Å². The first-order chi connectivity index (χ1) is 12.1. The Morgan fingerprint density at radius 1 is 1.44 bits per heavy atom. The molecular weight excluding hydrogens is 334 g/mol. The molecule has 0 atom stereocenters. The largest absolute Gasteiger partial charge is 0.477 e. The third kappa shape index (κ3) is 5.42. The molecule has 2 heterocycles. The van der Waals surface area contributed by atoms with Crippen LogP contribution in [-0.2, 0) is 13.1 Å². The summed E-state index contributed by atoms with van der Waals surface area (Å²) in [5.41, 5.74) is 2.16. The van der Waals surface area contributed by atoms with E-state index in [1.807, 2.05) is 32.3 Å². The zero-order valence-electron chi connectivity index (χ0n) is 15.0. The monoisotopic (exact) mass is 359 g/mol. The first-order valence-corrected chi connectivity index (χ1v) is 9.42. The summed E-state index contributed by atoms with van der Waals surface area (Å²) in [6, 6.07) is 3.98. The maximum absolute atomic E-state index is 5.67. The van der Waals surface area contributed by atoms with E-state index in [-0.39, 0.29) is 0 Å². The number of aliphatic imine (C=N–C) groups is 1. The quantitative estimate of drug-likeness (QED) is 0.608. The van der Waals surface area contributed by atoms with E-state index in [9.17, 15) is 0 Å². The number of hydrogen-bond donors (Lipinski definition) is 1. The Balaban J connectivity index is 1.48. The van der Waals surface area contributed by atoms with Gasteiger partial charge in [-0.3, -0.25) is 4.99 Å². The minimum absolute atomic E-state index is 0.670. The third-order valence-corrected chi connectivity index (χ3v) is 4.87. The molecule has 2 aromatic heterocycles. The summed E-state index contributed by atoms with van der Waals surface area (Å²) in [5, 5.41) is 6.53. The highest BCUT2D eigenvalue weighted by molar-refractivity contribution is 7.09.